The van der Waals surface area contributed by atoms with Gasteiger partial charge in [0.2, 0.25) is 0 Å². The highest BCUT2D eigenvalue weighted by Gasteiger charge is 2.09. The molecule has 0 heterocycles. The van der Waals surface area contributed by atoms with Gasteiger partial charge in [0.05, 0.1) is 7.11 Å². The third-order valence-electron chi connectivity index (χ3n) is 2.87. The van der Waals surface area contributed by atoms with Crippen LogP contribution >= 0.6 is 15.9 Å². The lowest BCUT2D eigenvalue weighted by Crippen LogP contribution is -2.13. The van der Waals surface area contributed by atoms with Crippen molar-refractivity contribution in [3.8, 4) is 11.8 Å². The summed E-state index contributed by atoms with van der Waals surface area (Å²) in [5, 5.41) is 11.9. The summed E-state index contributed by atoms with van der Waals surface area (Å²) in [7, 11) is 1.58. The molecule has 22 heavy (non-hydrogen) atoms. The molecule has 2 rings (SSSR count). The van der Waals surface area contributed by atoms with Gasteiger partial charge >= 0.3 is 0 Å². The fourth-order valence-electron chi connectivity index (χ4n) is 1.78. The molecule has 0 fully saturated rings. The standard InChI is InChI=1S/C17H13BrN2O2/c1-22-16-7-5-12(6-8-16)9-13(11-19)17(21)20-15-4-2-3-14(18)10-15/h2-10H,1H3,(H,20,21)/b13-9-. The zero-order chi connectivity index (χ0) is 15.9. The molecular weight excluding hydrogens is 344 g/mol. The molecule has 0 aliphatic heterocycles. The zero-order valence-corrected chi connectivity index (χ0v) is 13.4. The molecule has 0 bridgehead atoms. The van der Waals surface area contributed by atoms with Gasteiger partial charge in [0.25, 0.3) is 5.91 Å². The van der Waals surface area contributed by atoms with Crippen LogP contribution in [0.15, 0.2) is 58.6 Å². The van der Waals surface area contributed by atoms with Gasteiger partial charge in [-0.05, 0) is 42.0 Å². The lowest BCUT2D eigenvalue weighted by atomic mass is 10.1. The molecule has 2 aromatic rings. The van der Waals surface area contributed by atoms with Crippen molar-refractivity contribution >= 4 is 33.6 Å². The van der Waals surface area contributed by atoms with Gasteiger partial charge in [0.1, 0.15) is 17.4 Å². The fourth-order valence-corrected chi connectivity index (χ4v) is 2.18. The van der Waals surface area contributed by atoms with Crippen molar-refractivity contribution < 1.29 is 9.53 Å². The number of hydrogen-bond donors (Lipinski definition) is 1. The molecule has 0 aromatic heterocycles. The van der Waals surface area contributed by atoms with E-state index in [9.17, 15) is 10.1 Å². The van der Waals surface area contributed by atoms with Crippen molar-refractivity contribution in [2.45, 2.75) is 0 Å². The number of hydrogen-bond acceptors (Lipinski definition) is 3. The fraction of sp³-hybridized carbons (Fsp3) is 0.0588. The van der Waals surface area contributed by atoms with E-state index in [1.807, 2.05) is 12.1 Å². The quantitative estimate of drug-likeness (QED) is 0.665. The number of nitriles is 1. The van der Waals surface area contributed by atoms with E-state index in [2.05, 4.69) is 21.2 Å². The predicted octanol–water partition coefficient (Wildman–Crippen LogP) is 4.00. The van der Waals surface area contributed by atoms with E-state index in [0.29, 0.717) is 11.4 Å². The van der Waals surface area contributed by atoms with E-state index in [4.69, 9.17) is 4.74 Å². The predicted molar refractivity (Wildman–Crippen MR) is 89.4 cm³/mol. The van der Waals surface area contributed by atoms with Crippen LogP contribution in [0.3, 0.4) is 0 Å². The third-order valence-corrected chi connectivity index (χ3v) is 3.37. The molecule has 0 aliphatic carbocycles. The molecule has 1 amide bonds. The first kappa shape index (κ1) is 15.8. The van der Waals surface area contributed by atoms with E-state index >= 15 is 0 Å². The smallest absolute Gasteiger partial charge is 0.266 e. The number of halogens is 1. The normalized spacial score (nSPS) is 10.7. The molecule has 0 radical (unpaired) electrons. The Hall–Kier alpha value is -2.58. The number of nitrogens with zero attached hydrogens (tertiary/aromatic N) is 1. The van der Waals surface area contributed by atoms with Gasteiger partial charge in [-0.1, -0.05) is 34.1 Å². The maximum atomic E-state index is 12.1. The maximum Gasteiger partial charge on any atom is 0.266 e. The van der Waals surface area contributed by atoms with Crippen molar-refractivity contribution in [1.29, 1.82) is 5.26 Å². The molecule has 110 valence electrons. The minimum Gasteiger partial charge on any atom is -0.497 e. The molecule has 0 saturated carbocycles. The van der Waals surface area contributed by atoms with Crippen molar-refractivity contribution in [3.05, 3.63) is 64.1 Å². The monoisotopic (exact) mass is 356 g/mol. The Bertz CT molecular complexity index is 746. The summed E-state index contributed by atoms with van der Waals surface area (Å²) in [6.07, 6.45) is 1.53. The number of rotatable bonds is 4. The van der Waals surface area contributed by atoms with Crippen LogP contribution < -0.4 is 10.1 Å². The first-order chi connectivity index (χ1) is 10.6. The van der Waals surface area contributed by atoms with E-state index in [1.54, 1.807) is 49.6 Å². The van der Waals surface area contributed by atoms with E-state index in [1.165, 1.54) is 6.08 Å². The topological polar surface area (TPSA) is 62.1 Å². The van der Waals surface area contributed by atoms with Crippen molar-refractivity contribution in [2.24, 2.45) is 0 Å². The Labute approximate surface area is 137 Å². The van der Waals surface area contributed by atoms with Gasteiger partial charge in [-0.3, -0.25) is 4.79 Å². The Morgan fingerprint density at radius 2 is 2.00 bits per heavy atom. The average Bonchev–Trinajstić information content (AvgIpc) is 2.53. The molecular formula is C17H13BrN2O2. The van der Waals surface area contributed by atoms with Crippen LogP contribution in [-0.2, 0) is 4.79 Å². The Balaban J connectivity index is 2.17. The highest BCUT2D eigenvalue weighted by molar-refractivity contribution is 9.10. The Morgan fingerprint density at radius 3 is 2.59 bits per heavy atom. The summed E-state index contributed by atoms with van der Waals surface area (Å²) in [5.41, 5.74) is 1.40. The first-order valence-corrected chi connectivity index (χ1v) is 7.24. The van der Waals surface area contributed by atoms with Crippen LogP contribution in [0.4, 0.5) is 5.69 Å². The van der Waals surface area contributed by atoms with E-state index in [0.717, 1.165) is 10.0 Å². The van der Waals surface area contributed by atoms with E-state index < -0.39 is 5.91 Å². The van der Waals surface area contributed by atoms with Gasteiger partial charge in [0.15, 0.2) is 0 Å². The number of carbonyl (C=O) groups excluding carboxylic acids is 1. The second-order valence-corrected chi connectivity index (χ2v) is 5.32. The minimum atomic E-state index is -0.448. The van der Waals surface area contributed by atoms with Crippen LogP contribution in [0.5, 0.6) is 5.75 Å². The molecule has 0 spiro atoms. The number of nitrogens with one attached hydrogen (secondary N) is 1. The maximum absolute atomic E-state index is 12.1. The second kappa shape index (κ2) is 7.43. The summed E-state index contributed by atoms with van der Waals surface area (Å²) < 4.78 is 5.92. The van der Waals surface area contributed by atoms with Gasteiger partial charge in [-0.15, -0.1) is 0 Å². The molecule has 2 aromatic carbocycles. The van der Waals surface area contributed by atoms with Gasteiger partial charge < -0.3 is 10.1 Å². The number of carbonyl (C=O) groups is 1. The third kappa shape index (κ3) is 4.21. The summed E-state index contributed by atoms with van der Waals surface area (Å²) in [4.78, 5) is 12.1. The summed E-state index contributed by atoms with van der Waals surface area (Å²) in [6.45, 7) is 0. The highest BCUT2D eigenvalue weighted by atomic mass is 79.9. The summed E-state index contributed by atoms with van der Waals surface area (Å²) in [6, 6.07) is 16.2. The first-order valence-electron chi connectivity index (χ1n) is 6.45. The largest absolute Gasteiger partial charge is 0.497 e. The van der Waals surface area contributed by atoms with Gasteiger partial charge in [-0.25, -0.2) is 0 Å². The Kier molecular flexibility index (Phi) is 5.34. The van der Waals surface area contributed by atoms with Crippen LogP contribution in [0.25, 0.3) is 6.08 Å². The lowest BCUT2D eigenvalue weighted by molar-refractivity contribution is -0.112. The minimum absolute atomic E-state index is 0.0325. The zero-order valence-electron chi connectivity index (χ0n) is 11.8. The molecule has 4 nitrogen and oxygen atoms in total. The molecule has 0 saturated heterocycles. The number of methoxy groups -OCH3 is 1. The van der Waals surface area contributed by atoms with Crippen LogP contribution in [0, 0.1) is 11.3 Å². The number of benzene rings is 2. The van der Waals surface area contributed by atoms with Crippen molar-refractivity contribution in [3.63, 3.8) is 0 Å². The average molecular weight is 357 g/mol. The van der Waals surface area contributed by atoms with Crippen LogP contribution in [-0.4, -0.2) is 13.0 Å². The SMILES string of the molecule is COc1ccc(/C=C(/C#N)C(=O)Nc2cccc(Br)c2)cc1. The van der Waals surface area contributed by atoms with Gasteiger partial charge in [0, 0.05) is 10.2 Å². The van der Waals surface area contributed by atoms with Crippen LogP contribution in [0.1, 0.15) is 5.56 Å². The number of amides is 1. The molecule has 5 heteroatoms. The van der Waals surface area contributed by atoms with Crippen molar-refractivity contribution in [2.75, 3.05) is 12.4 Å². The van der Waals surface area contributed by atoms with Gasteiger partial charge in [-0.2, -0.15) is 5.26 Å². The number of anilines is 1. The summed E-state index contributed by atoms with van der Waals surface area (Å²) in [5.74, 6) is 0.269. The number of ether oxygens (including phenoxy) is 1. The lowest BCUT2D eigenvalue weighted by Gasteiger charge is -2.05. The molecule has 0 atom stereocenters. The Morgan fingerprint density at radius 1 is 1.27 bits per heavy atom. The van der Waals surface area contributed by atoms with E-state index in [-0.39, 0.29) is 5.57 Å². The van der Waals surface area contributed by atoms with Crippen molar-refractivity contribution in [1.82, 2.24) is 0 Å². The van der Waals surface area contributed by atoms with Crippen LogP contribution in [0.2, 0.25) is 0 Å². The second-order valence-electron chi connectivity index (χ2n) is 4.41. The molecule has 1 N–H and O–H groups in total. The molecule has 0 aliphatic rings. The highest BCUT2D eigenvalue weighted by Crippen LogP contribution is 2.17. The molecule has 0 unspecified atom stereocenters. The summed E-state index contributed by atoms with van der Waals surface area (Å²) >= 11 is 3.33.